The lowest BCUT2D eigenvalue weighted by atomic mass is 10.0. The van der Waals surface area contributed by atoms with Crippen molar-refractivity contribution in [1.29, 1.82) is 0 Å². The van der Waals surface area contributed by atoms with Gasteiger partial charge >= 0.3 is 0 Å². The van der Waals surface area contributed by atoms with Crippen LogP contribution in [0.15, 0.2) is 30.5 Å². The van der Waals surface area contributed by atoms with E-state index >= 15 is 0 Å². The monoisotopic (exact) mass is 271 g/mol. The highest BCUT2D eigenvalue weighted by atomic mass is 16.5. The van der Waals surface area contributed by atoms with Crippen LogP contribution < -0.4 is 10.6 Å². The Hall–Kier alpha value is -1.81. The molecule has 1 saturated heterocycles. The summed E-state index contributed by atoms with van der Waals surface area (Å²) in [7, 11) is 0. The second-order valence-electron chi connectivity index (χ2n) is 5.24. The van der Waals surface area contributed by atoms with Gasteiger partial charge in [0, 0.05) is 25.1 Å². The van der Waals surface area contributed by atoms with Crippen LogP contribution in [0.3, 0.4) is 0 Å². The number of para-hydroxylation sites is 1. The number of pyridine rings is 1. The zero-order chi connectivity index (χ0) is 13.9. The SMILES string of the molecule is CCOC1CCCN(c2c(N)cnc3ccccc23)C1. The molecule has 4 heteroatoms. The molecule has 1 aromatic carbocycles. The highest BCUT2D eigenvalue weighted by Gasteiger charge is 2.23. The summed E-state index contributed by atoms with van der Waals surface area (Å²) >= 11 is 0. The summed E-state index contributed by atoms with van der Waals surface area (Å²) < 4.78 is 5.79. The predicted molar refractivity (Wildman–Crippen MR) is 83.0 cm³/mol. The molecule has 0 bridgehead atoms. The summed E-state index contributed by atoms with van der Waals surface area (Å²) in [4.78, 5) is 6.76. The molecule has 3 rings (SSSR count). The summed E-state index contributed by atoms with van der Waals surface area (Å²) in [6, 6.07) is 8.17. The minimum atomic E-state index is 0.306. The Morgan fingerprint density at radius 1 is 1.40 bits per heavy atom. The number of hydrogen-bond donors (Lipinski definition) is 1. The second-order valence-corrected chi connectivity index (χ2v) is 5.24. The number of ether oxygens (including phenoxy) is 1. The molecule has 0 spiro atoms. The van der Waals surface area contributed by atoms with Gasteiger partial charge in [0.15, 0.2) is 0 Å². The third-order valence-corrected chi connectivity index (χ3v) is 3.87. The molecule has 0 saturated carbocycles. The Morgan fingerprint density at radius 3 is 3.10 bits per heavy atom. The van der Waals surface area contributed by atoms with Gasteiger partial charge in [-0.3, -0.25) is 4.98 Å². The van der Waals surface area contributed by atoms with E-state index in [0.29, 0.717) is 6.10 Å². The van der Waals surface area contributed by atoms with Gasteiger partial charge < -0.3 is 15.4 Å². The standard InChI is InChI=1S/C16H21N3O/c1-2-20-12-6-5-9-19(11-12)16-13-7-3-4-8-15(13)18-10-14(16)17/h3-4,7-8,10,12H,2,5-6,9,11,17H2,1H3. The van der Waals surface area contributed by atoms with E-state index in [-0.39, 0.29) is 0 Å². The van der Waals surface area contributed by atoms with Crippen molar-refractivity contribution in [3.63, 3.8) is 0 Å². The van der Waals surface area contributed by atoms with Crippen LogP contribution >= 0.6 is 0 Å². The van der Waals surface area contributed by atoms with Crippen LogP contribution in [-0.4, -0.2) is 30.8 Å². The first kappa shape index (κ1) is 13.2. The lowest BCUT2D eigenvalue weighted by Gasteiger charge is -2.35. The second kappa shape index (κ2) is 5.67. The predicted octanol–water partition coefficient (Wildman–Crippen LogP) is 2.82. The molecule has 4 nitrogen and oxygen atoms in total. The van der Waals surface area contributed by atoms with Crippen LogP contribution in [0.1, 0.15) is 19.8 Å². The molecule has 106 valence electrons. The van der Waals surface area contributed by atoms with Gasteiger partial charge in [-0.15, -0.1) is 0 Å². The zero-order valence-electron chi connectivity index (χ0n) is 11.9. The fraction of sp³-hybridized carbons (Fsp3) is 0.438. The number of anilines is 2. The van der Waals surface area contributed by atoms with Crippen LogP contribution in [0.4, 0.5) is 11.4 Å². The van der Waals surface area contributed by atoms with Crippen LogP contribution in [0.25, 0.3) is 10.9 Å². The normalized spacial score (nSPS) is 19.4. The van der Waals surface area contributed by atoms with Crippen molar-refractivity contribution >= 4 is 22.3 Å². The Labute approximate surface area is 119 Å². The zero-order valence-corrected chi connectivity index (χ0v) is 11.9. The number of aromatic nitrogens is 1. The van der Waals surface area contributed by atoms with Gasteiger partial charge in [0.25, 0.3) is 0 Å². The molecule has 0 amide bonds. The van der Waals surface area contributed by atoms with E-state index < -0.39 is 0 Å². The Bertz CT molecular complexity index is 597. The average molecular weight is 271 g/mol. The molecule has 2 N–H and O–H groups in total. The Morgan fingerprint density at radius 2 is 2.25 bits per heavy atom. The molecule has 20 heavy (non-hydrogen) atoms. The van der Waals surface area contributed by atoms with Gasteiger partial charge in [0.05, 0.1) is 29.2 Å². The molecule has 1 atom stereocenters. The van der Waals surface area contributed by atoms with Crippen LogP contribution in [0, 0.1) is 0 Å². The van der Waals surface area contributed by atoms with Crippen molar-refractivity contribution in [2.24, 2.45) is 0 Å². The fourth-order valence-electron chi connectivity index (χ4n) is 3.01. The van der Waals surface area contributed by atoms with Gasteiger partial charge in [0.1, 0.15) is 0 Å². The molecule has 2 aromatic rings. The highest BCUT2D eigenvalue weighted by Crippen LogP contribution is 2.33. The molecule has 1 aliphatic heterocycles. The molecular weight excluding hydrogens is 250 g/mol. The molecule has 1 aromatic heterocycles. The van der Waals surface area contributed by atoms with Crippen molar-refractivity contribution in [3.8, 4) is 0 Å². The quantitative estimate of drug-likeness (QED) is 0.932. The van der Waals surface area contributed by atoms with E-state index in [2.05, 4.69) is 22.9 Å². The summed E-state index contributed by atoms with van der Waals surface area (Å²) in [6.07, 6.45) is 4.34. The van der Waals surface area contributed by atoms with Gasteiger partial charge in [-0.25, -0.2) is 0 Å². The highest BCUT2D eigenvalue weighted by molar-refractivity contribution is 5.97. The summed E-state index contributed by atoms with van der Waals surface area (Å²) in [5.41, 5.74) is 9.05. The first-order valence-electron chi connectivity index (χ1n) is 7.29. The van der Waals surface area contributed by atoms with Crippen LogP contribution in [-0.2, 0) is 4.74 Å². The summed E-state index contributed by atoms with van der Waals surface area (Å²) in [5, 5.41) is 1.13. The number of benzene rings is 1. The van der Waals surface area contributed by atoms with Gasteiger partial charge in [-0.1, -0.05) is 18.2 Å². The molecular formula is C16H21N3O. The van der Waals surface area contributed by atoms with Crippen LogP contribution in [0.2, 0.25) is 0 Å². The van der Waals surface area contributed by atoms with Gasteiger partial charge in [0.2, 0.25) is 0 Å². The number of nitrogens with zero attached hydrogens (tertiary/aromatic N) is 2. The number of fused-ring (bicyclic) bond motifs is 1. The number of nitrogens with two attached hydrogens (primary N) is 1. The topological polar surface area (TPSA) is 51.4 Å². The lowest BCUT2D eigenvalue weighted by molar-refractivity contribution is 0.0527. The minimum Gasteiger partial charge on any atom is -0.396 e. The number of nitrogen functional groups attached to an aromatic ring is 1. The summed E-state index contributed by atoms with van der Waals surface area (Å²) in [6.45, 7) is 4.76. The van der Waals surface area contributed by atoms with Crippen molar-refractivity contribution in [3.05, 3.63) is 30.5 Å². The molecule has 0 aliphatic carbocycles. The van der Waals surface area contributed by atoms with Crippen molar-refractivity contribution < 1.29 is 4.74 Å². The van der Waals surface area contributed by atoms with E-state index in [4.69, 9.17) is 10.5 Å². The smallest absolute Gasteiger partial charge is 0.0750 e. The Balaban J connectivity index is 1.98. The first-order valence-corrected chi connectivity index (χ1v) is 7.29. The minimum absolute atomic E-state index is 0.306. The van der Waals surface area contributed by atoms with Crippen LogP contribution in [0.5, 0.6) is 0 Å². The van der Waals surface area contributed by atoms with E-state index in [1.165, 1.54) is 0 Å². The molecule has 0 radical (unpaired) electrons. The maximum Gasteiger partial charge on any atom is 0.0750 e. The van der Waals surface area contributed by atoms with Crippen molar-refractivity contribution in [2.45, 2.75) is 25.9 Å². The van der Waals surface area contributed by atoms with E-state index in [0.717, 1.165) is 54.8 Å². The summed E-state index contributed by atoms with van der Waals surface area (Å²) in [5.74, 6) is 0. The maximum absolute atomic E-state index is 6.19. The molecule has 1 unspecified atom stereocenters. The van der Waals surface area contributed by atoms with E-state index in [1.807, 2.05) is 18.2 Å². The third-order valence-electron chi connectivity index (χ3n) is 3.87. The maximum atomic E-state index is 6.19. The molecule has 1 aliphatic rings. The van der Waals surface area contributed by atoms with Crippen molar-refractivity contribution in [2.75, 3.05) is 30.3 Å². The fourth-order valence-corrected chi connectivity index (χ4v) is 3.01. The largest absolute Gasteiger partial charge is 0.396 e. The van der Waals surface area contributed by atoms with Gasteiger partial charge in [-0.05, 0) is 25.8 Å². The number of hydrogen-bond acceptors (Lipinski definition) is 4. The van der Waals surface area contributed by atoms with Gasteiger partial charge in [-0.2, -0.15) is 0 Å². The molecule has 2 heterocycles. The Kier molecular flexibility index (Phi) is 3.74. The van der Waals surface area contributed by atoms with E-state index in [1.54, 1.807) is 6.20 Å². The van der Waals surface area contributed by atoms with Crippen molar-refractivity contribution in [1.82, 2.24) is 4.98 Å². The molecule has 1 fully saturated rings. The number of rotatable bonds is 3. The first-order chi connectivity index (χ1) is 9.79. The third kappa shape index (κ3) is 2.43. The van der Waals surface area contributed by atoms with E-state index in [9.17, 15) is 0 Å². The number of piperidine rings is 1. The average Bonchev–Trinajstić information content (AvgIpc) is 2.48. The lowest BCUT2D eigenvalue weighted by Crippen LogP contribution is -2.40.